The molecule has 10 heteroatoms. The van der Waals surface area contributed by atoms with Crippen molar-refractivity contribution in [1.29, 1.82) is 5.26 Å². The lowest BCUT2D eigenvalue weighted by atomic mass is 10.1. The highest BCUT2D eigenvalue weighted by atomic mass is 16.5. The number of rotatable bonds is 6. The molecule has 0 bridgehead atoms. The minimum absolute atomic E-state index is 0.181. The summed E-state index contributed by atoms with van der Waals surface area (Å²) >= 11 is 0. The minimum Gasteiger partial charge on any atom is -0.452 e. The Balaban J connectivity index is 1.40. The summed E-state index contributed by atoms with van der Waals surface area (Å²) in [4.78, 5) is 28.8. The summed E-state index contributed by atoms with van der Waals surface area (Å²) in [6.45, 7) is 1.17. The summed E-state index contributed by atoms with van der Waals surface area (Å²) < 4.78 is 11.6. The van der Waals surface area contributed by atoms with Crippen molar-refractivity contribution in [2.24, 2.45) is 0 Å². The third-order valence-corrected chi connectivity index (χ3v) is 4.38. The molecule has 4 aromatic rings. The predicted molar refractivity (Wildman–Crippen MR) is 112 cm³/mol. The van der Waals surface area contributed by atoms with Gasteiger partial charge in [-0.2, -0.15) is 15.3 Å². The van der Waals surface area contributed by atoms with Crippen LogP contribution in [0.4, 0.5) is 5.82 Å². The summed E-state index contributed by atoms with van der Waals surface area (Å²) in [7, 11) is 0. The van der Waals surface area contributed by atoms with E-state index in [0.29, 0.717) is 23.0 Å². The van der Waals surface area contributed by atoms with Gasteiger partial charge in [-0.1, -0.05) is 23.4 Å². The number of ether oxygens (including phenoxy) is 1. The van der Waals surface area contributed by atoms with Crippen molar-refractivity contribution in [3.63, 3.8) is 0 Å². The molecule has 32 heavy (non-hydrogen) atoms. The highest BCUT2D eigenvalue weighted by Gasteiger charge is 2.17. The van der Waals surface area contributed by atoms with E-state index in [2.05, 4.69) is 20.6 Å². The van der Waals surface area contributed by atoms with Crippen LogP contribution in [0.25, 0.3) is 17.1 Å². The fourth-order valence-corrected chi connectivity index (χ4v) is 2.86. The third kappa shape index (κ3) is 4.36. The molecule has 2 aromatic heterocycles. The molecule has 0 aliphatic heterocycles. The molecule has 0 aliphatic rings. The smallest absolute Gasteiger partial charge is 0.338 e. The van der Waals surface area contributed by atoms with E-state index in [4.69, 9.17) is 9.26 Å². The summed E-state index contributed by atoms with van der Waals surface area (Å²) in [5, 5.41) is 19.8. The number of aryl methyl sites for hydroxylation is 1. The molecule has 0 saturated heterocycles. The number of carbonyl (C=O) groups is 2. The Hall–Kier alpha value is -4.78. The maximum atomic E-state index is 12.4. The van der Waals surface area contributed by atoms with E-state index >= 15 is 0 Å². The average Bonchev–Trinajstić information content (AvgIpc) is 3.44. The molecule has 0 spiro atoms. The minimum atomic E-state index is -0.675. The molecular formula is C22H16N6O4. The molecule has 0 atom stereocenters. The van der Waals surface area contributed by atoms with E-state index < -0.39 is 18.5 Å². The van der Waals surface area contributed by atoms with E-state index in [-0.39, 0.29) is 16.9 Å². The van der Waals surface area contributed by atoms with Crippen molar-refractivity contribution in [2.45, 2.75) is 6.92 Å². The molecule has 0 saturated carbocycles. The van der Waals surface area contributed by atoms with E-state index in [1.165, 1.54) is 23.0 Å². The highest BCUT2D eigenvalue weighted by molar-refractivity contribution is 5.96. The first-order valence-corrected chi connectivity index (χ1v) is 9.46. The first-order chi connectivity index (χ1) is 15.5. The number of aromatic nitrogens is 4. The fraction of sp³-hybridized carbons (Fsp3) is 0.0909. The van der Waals surface area contributed by atoms with Gasteiger partial charge in [0.05, 0.1) is 17.4 Å². The van der Waals surface area contributed by atoms with Crippen molar-refractivity contribution < 1.29 is 18.8 Å². The number of esters is 1. The van der Waals surface area contributed by atoms with Gasteiger partial charge in [0.2, 0.25) is 0 Å². The Labute approximate surface area is 182 Å². The number of carbonyl (C=O) groups excluding carboxylic acids is 2. The number of hydrogen-bond acceptors (Lipinski definition) is 8. The molecule has 1 N–H and O–H groups in total. The molecule has 0 unspecified atom stereocenters. The maximum absolute atomic E-state index is 12.4. The van der Waals surface area contributed by atoms with Crippen LogP contribution >= 0.6 is 0 Å². The van der Waals surface area contributed by atoms with E-state index in [1.807, 2.05) is 12.1 Å². The first kappa shape index (κ1) is 20.5. The van der Waals surface area contributed by atoms with Crippen molar-refractivity contribution in [1.82, 2.24) is 19.9 Å². The number of benzene rings is 2. The van der Waals surface area contributed by atoms with Crippen molar-refractivity contribution >= 4 is 17.7 Å². The van der Waals surface area contributed by atoms with Crippen molar-refractivity contribution in [3.05, 3.63) is 77.7 Å². The third-order valence-electron chi connectivity index (χ3n) is 4.38. The number of nitrogens with one attached hydrogen (secondary N) is 1. The number of nitrogens with zero attached hydrogens (tertiary/aromatic N) is 5. The van der Waals surface area contributed by atoms with Gasteiger partial charge >= 0.3 is 5.97 Å². The van der Waals surface area contributed by atoms with Crippen LogP contribution in [0.3, 0.4) is 0 Å². The molecule has 1 amide bonds. The zero-order chi connectivity index (χ0) is 22.5. The van der Waals surface area contributed by atoms with E-state index in [0.717, 1.165) is 0 Å². The van der Waals surface area contributed by atoms with Crippen LogP contribution in [0.15, 0.2) is 65.3 Å². The van der Waals surface area contributed by atoms with Gasteiger partial charge in [0.1, 0.15) is 11.6 Å². The Morgan fingerprint density at radius 1 is 1.16 bits per heavy atom. The number of anilines is 1. The average molecular weight is 428 g/mol. The highest BCUT2D eigenvalue weighted by Crippen LogP contribution is 2.20. The van der Waals surface area contributed by atoms with E-state index in [1.54, 1.807) is 43.3 Å². The zero-order valence-electron chi connectivity index (χ0n) is 16.8. The molecule has 4 rings (SSSR count). The Morgan fingerprint density at radius 3 is 2.56 bits per heavy atom. The van der Waals surface area contributed by atoms with Crippen LogP contribution in [-0.2, 0) is 9.53 Å². The SMILES string of the molecule is Cc1noc(-c2ccc(C(=O)OCC(=O)Nc3c(C#N)cnn3-c3ccccc3)cc2)n1. The predicted octanol–water partition coefficient (Wildman–Crippen LogP) is 2.90. The Morgan fingerprint density at radius 2 is 1.91 bits per heavy atom. The molecule has 2 aromatic carbocycles. The monoisotopic (exact) mass is 428 g/mol. The molecule has 10 nitrogen and oxygen atoms in total. The molecule has 2 heterocycles. The second-order valence-corrected chi connectivity index (χ2v) is 6.61. The molecular weight excluding hydrogens is 412 g/mol. The molecule has 0 aliphatic carbocycles. The molecule has 0 fully saturated rings. The number of para-hydroxylation sites is 1. The first-order valence-electron chi connectivity index (χ1n) is 9.46. The fourth-order valence-electron chi connectivity index (χ4n) is 2.86. The van der Waals surface area contributed by atoms with Gasteiger partial charge in [-0.25, -0.2) is 9.48 Å². The lowest BCUT2D eigenvalue weighted by molar-refractivity contribution is -0.119. The van der Waals surface area contributed by atoms with Crippen LogP contribution < -0.4 is 5.32 Å². The second-order valence-electron chi connectivity index (χ2n) is 6.61. The van der Waals surface area contributed by atoms with Gasteiger partial charge in [0.15, 0.2) is 18.2 Å². The van der Waals surface area contributed by atoms with Gasteiger partial charge in [-0.15, -0.1) is 0 Å². The van der Waals surface area contributed by atoms with Gasteiger partial charge in [-0.05, 0) is 43.3 Å². The Kier molecular flexibility index (Phi) is 5.72. The number of amides is 1. The van der Waals surface area contributed by atoms with Crippen molar-refractivity contribution in [2.75, 3.05) is 11.9 Å². The van der Waals surface area contributed by atoms with Crippen LogP contribution in [0, 0.1) is 18.3 Å². The second kappa shape index (κ2) is 8.93. The lowest BCUT2D eigenvalue weighted by Gasteiger charge is -2.10. The Bertz CT molecular complexity index is 1300. The maximum Gasteiger partial charge on any atom is 0.338 e. The van der Waals surface area contributed by atoms with Crippen LogP contribution in [0.2, 0.25) is 0 Å². The lowest BCUT2D eigenvalue weighted by Crippen LogP contribution is -2.22. The number of hydrogen-bond donors (Lipinski definition) is 1. The van der Waals surface area contributed by atoms with Gasteiger partial charge in [-0.3, -0.25) is 4.79 Å². The number of nitriles is 1. The standard InChI is InChI=1S/C22H16N6O4/c1-14-25-21(32-27-14)15-7-9-16(10-8-15)22(30)31-13-19(29)26-20-17(11-23)12-24-28(20)18-5-3-2-4-6-18/h2-10,12H,13H2,1H3,(H,26,29). The quantitative estimate of drug-likeness (QED) is 0.463. The normalized spacial score (nSPS) is 10.4. The van der Waals surface area contributed by atoms with Crippen LogP contribution in [0.5, 0.6) is 0 Å². The summed E-state index contributed by atoms with van der Waals surface area (Å²) in [5.74, 6) is -0.247. The van der Waals surface area contributed by atoms with Gasteiger partial charge in [0, 0.05) is 5.56 Å². The summed E-state index contributed by atoms with van der Waals surface area (Å²) in [6.07, 6.45) is 1.35. The van der Waals surface area contributed by atoms with Crippen LogP contribution in [0.1, 0.15) is 21.7 Å². The van der Waals surface area contributed by atoms with Crippen LogP contribution in [-0.4, -0.2) is 38.4 Å². The summed E-state index contributed by atoms with van der Waals surface area (Å²) in [6, 6.07) is 17.3. The van der Waals surface area contributed by atoms with Gasteiger partial charge in [0.25, 0.3) is 11.8 Å². The van der Waals surface area contributed by atoms with Crippen molar-refractivity contribution in [3.8, 4) is 23.2 Å². The van der Waals surface area contributed by atoms with E-state index in [9.17, 15) is 14.9 Å². The topological polar surface area (TPSA) is 136 Å². The largest absolute Gasteiger partial charge is 0.452 e. The molecule has 158 valence electrons. The van der Waals surface area contributed by atoms with Gasteiger partial charge < -0.3 is 14.6 Å². The zero-order valence-corrected chi connectivity index (χ0v) is 16.8. The molecule has 0 radical (unpaired) electrons. The summed E-state index contributed by atoms with van der Waals surface area (Å²) in [5.41, 5.74) is 1.75.